The predicted molar refractivity (Wildman–Crippen MR) is 339 cm³/mol. The Balaban J connectivity index is 0.00000162. The Morgan fingerprint density at radius 3 is 1.87 bits per heavy atom. The molecule has 2 aliphatic rings. The quantitative estimate of drug-likeness (QED) is 0.0202. The molecule has 0 spiro atoms. The lowest BCUT2D eigenvalue weighted by molar-refractivity contribution is -0.437. The molecule has 0 fully saturated rings. The molecule has 0 unspecified atom stereocenters. The van der Waals surface area contributed by atoms with Gasteiger partial charge in [0, 0.05) is 89.9 Å². The first-order valence-electron chi connectivity index (χ1n) is 27.8. The number of carbonyl (C=O) groups is 2. The van der Waals surface area contributed by atoms with E-state index < -0.39 is 104 Å². The molecule has 0 aliphatic carbocycles. The number of unbranched alkanes of at least 4 members (excludes halogenated alkanes) is 2. The largest absolute Gasteiger partial charge is 0.748 e. The highest BCUT2D eigenvalue weighted by Crippen LogP contribution is 2.52. The van der Waals surface area contributed by atoms with Gasteiger partial charge in [0.15, 0.2) is 5.71 Å². The number of nitrogens with zero attached hydrogens (tertiary/aromatic N) is 3. The van der Waals surface area contributed by atoms with Gasteiger partial charge in [-0.3, -0.25) is 28.2 Å². The fourth-order valence-electron chi connectivity index (χ4n) is 11.1. The van der Waals surface area contributed by atoms with Gasteiger partial charge < -0.3 is 20.1 Å². The Labute approximate surface area is 540 Å². The zero-order valence-corrected chi connectivity index (χ0v) is 55.9. The van der Waals surface area contributed by atoms with Gasteiger partial charge in [0.2, 0.25) is 21.6 Å². The topological polar surface area (TPSA) is 460 Å². The summed E-state index contributed by atoms with van der Waals surface area (Å²) >= 11 is 0. The van der Waals surface area contributed by atoms with Crippen LogP contribution in [-0.2, 0) is 93.9 Å². The number of pyridine rings is 1. The summed E-state index contributed by atoms with van der Waals surface area (Å²) < 4.78 is 217. The Morgan fingerprint density at radius 2 is 1.30 bits per heavy atom. The summed E-state index contributed by atoms with van der Waals surface area (Å²) in [6, 6.07) is 21.8. The number of hydrogen-bond donors (Lipinski definition) is 6. The van der Waals surface area contributed by atoms with Gasteiger partial charge in [-0.25, -0.2) is 22.0 Å². The van der Waals surface area contributed by atoms with Crippen LogP contribution in [0.1, 0.15) is 106 Å². The van der Waals surface area contributed by atoms with E-state index >= 15 is 0 Å². The molecule has 0 radical (unpaired) electrons. The summed E-state index contributed by atoms with van der Waals surface area (Å²) in [5.41, 5.74) is 3.32. The molecule has 0 bridgehead atoms. The monoisotopic (exact) mass is 1420 g/mol. The summed E-state index contributed by atoms with van der Waals surface area (Å²) in [7, 11) is -29.3. The van der Waals surface area contributed by atoms with Crippen molar-refractivity contribution in [3.8, 4) is 0 Å². The van der Waals surface area contributed by atoms with Gasteiger partial charge in [0.05, 0.1) is 41.5 Å². The third-order valence-electron chi connectivity index (χ3n) is 15.1. The summed E-state index contributed by atoms with van der Waals surface area (Å²) in [6.45, 7) is 10.4. The van der Waals surface area contributed by atoms with Crippen LogP contribution in [0.3, 0.4) is 0 Å². The molecular formula is C58H64N6O22S7. The molecule has 0 saturated carbocycles. The highest BCUT2D eigenvalue weighted by molar-refractivity contribution is 7.89. The lowest BCUT2D eigenvalue weighted by atomic mass is 9.79. The smallest absolute Gasteiger partial charge is 0.425 e. The van der Waals surface area contributed by atoms with Gasteiger partial charge >= 0.3 is 21.2 Å². The van der Waals surface area contributed by atoms with Crippen molar-refractivity contribution in [1.82, 2.24) is 15.6 Å². The summed E-state index contributed by atoms with van der Waals surface area (Å²) in [4.78, 5) is 30.9. The van der Waals surface area contributed by atoms with Crippen LogP contribution in [-0.4, -0.2) is 138 Å². The van der Waals surface area contributed by atoms with E-state index in [2.05, 4.69) is 10.6 Å². The van der Waals surface area contributed by atoms with Gasteiger partial charge in [-0.1, -0.05) is 57.5 Å². The number of fused-ring (bicyclic) bond motifs is 6. The highest BCUT2D eigenvalue weighted by Gasteiger charge is 2.46. The molecule has 93 heavy (non-hydrogen) atoms. The Bertz CT molecular complexity index is 4880. The van der Waals surface area contributed by atoms with E-state index in [1.807, 2.05) is 56.2 Å². The second-order valence-electron chi connectivity index (χ2n) is 22.2. The fraction of sp³-hybridized carbons (Fsp3) is 0.310. The zero-order valence-electron chi connectivity index (χ0n) is 50.2. The zero-order chi connectivity index (χ0) is 69.4. The van der Waals surface area contributed by atoms with E-state index in [4.69, 9.17) is 35.4 Å². The van der Waals surface area contributed by atoms with Crippen molar-refractivity contribution in [2.24, 2.45) is 5.14 Å². The lowest BCUT2D eigenvalue weighted by Crippen LogP contribution is -2.28. The SMILES string of the molecule is CCCN1/C(=C/C=C(/C=C/C2=[N+](CCCS(=O)(=O)[O-])c3ccc4ccc(S(=O)(=O)O)cc4c3C2(C)C)c2ccc(C(=O)NCCCCCC(=O)NCc3ccc(S(N)(=O)=O)cc3)cn2)C(C)(C)c2c1ccc1c(S(=O)(=O)O)cc(S(=O)(=O)O)cc21.O=S(=O)=O.O=S(=O)=O. The Kier molecular flexibility index (Phi) is 23.7. The average molecular weight is 1420 g/mol. The Morgan fingerprint density at radius 1 is 0.688 bits per heavy atom. The maximum atomic E-state index is 13.5. The van der Waals surface area contributed by atoms with Crippen LogP contribution in [0.4, 0.5) is 11.4 Å². The molecule has 8 rings (SSSR count). The summed E-state index contributed by atoms with van der Waals surface area (Å²) in [6.07, 6.45) is 11.0. The van der Waals surface area contributed by atoms with Crippen LogP contribution in [0.2, 0.25) is 0 Å². The molecule has 2 amide bonds. The van der Waals surface area contributed by atoms with Crippen molar-refractivity contribution in [3.63, 3.8) is 0 Å². The minimum Gasteiger partial charge on any atom is -0.748 e. The van der Waals surface area contributed by atoms with Gasteiger partial charge in [-0.15, -0.1) is 25.3 Å². The molecule has 7 N–H and O–H groups in total. The molecule has 35 heteroatoms. The van der Waals surface area contributed by atoms with Gasteiger partial charge in [0.25, 0.3) is 36.3 Å². The van der Waals surface area contributed by atoms with Crippen LogP contribution < -0.4 is 20.7 Å². The summed E-state index contributed by atoms with van der Waals surface area (Å²) in [5.74, 6) is -1.30. The predicted octanol–water partition coefficient (Wildman–Crippen LogP) is 5.42. The third-order valence-corrected chi connectivity index (χ3v) is 19.4. The highest BCUT2D eigenvalue weighted by atomic mass is 32.2. The number of allylic oxidation sites excluding steroid dienone is 6. The maximum absolute atomic E-state index is 13.5. The van der Waals surface area contributed by atoms with Crippen LogP contribution in [0.5, 0.6) is 0 Å². The number of amides is 2. The lowest BCUT2D eigenvalue weighted by Gasteiger charge is -2.27. The molecule has 0 saturated heterocycles. The molecular weight excluding hydrogens is 1360 g/mol. The van der Waals surface area contributed by atoms with Crippen LogP contribution >= 0.6 is 0 Å². The van der Waals surface area contributed by atoms with E-state index in [1.54, 1.807) is 60.7 Å². The van der Waals surface area contributed by atoms with Crippen molar-refractivity contribution in [3.05, 3.63) is 155 Å². The number of nitrogens with two attached hydrogens (primary N) is 1. The number of aromatic nitrogens is 1. The van der Waals surface area contributed by atoms with Crippen molar-refractivity contribution in [2.45, 2.75) is 110 Å². The molecule has 0 atom stereocenters. The van der Waals surface area contributed by atoms with Gasteiger partial charge in [-0.05, 0) is 133 Å². The number of rotatable bonds is 23. The van der Waals surface area contributed by atoms with Crippen molar-refractivity contribution >= 4 is 128 Å². The second kappa shape index (κ2) is 29.6. The van der Waals surface area contributed by atoms with Crippen LogP contribution in [0.25, 0.3) is 27.1 Å². The van der Waals surface area contributed by atoms with Crippen LogP contribution in [0, 0.1) is 0 Å². The minimum absolute atomic E-state index is 0.0106. The van der Waals surface area contributed by atoms with E-state index in [1.165, 1.54) is 36.5 Å². The van der Waals surface area contributed by atoms with Gasteiger partial charge in [0.1, 0.15) is 11.4 Å². The molecule has 500 valence electrons. The second-order valence-corrected chi connectivity index (χ2v) is 30.3. The van der Waals surface area contributed by atoms with E-state index in [9.17, 15) is 69.9 Å². The van der Waals surface area contributed by atoms with Gasteiger partial charge in [-0.2, -0.15) is 29.8 Å². The number of primary sulfonamides is 1. The van der Waals surface area contributed by atoms with Crippen LogP contribution in [0.15, 0.2) is 147 Å². The molecule has 5 aromatic carbocycles. The third kappa shape index (κ3) is 19.0. The number of hydrogen-bond acceptors (Lipinski definition) is 21. The summed E-state index contributed by atoms with van der Waals surface area (Å²) in [5, 5.41) is 12.1. The molecule has 1 aromatic heterocycles. The van der Waals surface area contributed by atoms with Crippen molar-refractivity contribution in [2.75, 3.05) is 30.3 Å². The average Bonchev–Trinajstić information content (AvgIpc) is 1.60. The van der Waals surface area contributed by atoms with Crippen molar-refractivity contribution < 1.29 is 99.7 Å². The molecule has 3 heterocycles. The maximum Gasteiger partial charge on any atom is 0.425 e. The standard InChI is InChI=1S/C58H64N6O16S5.2O3S/c1-6-29-63-49-25-22-44-46(33-43(84(75,76)77)34-50(44)85(78,79)80)55(49)58(4,5)51(63)26-17-39(47-23-15-40(36-61-47)56(66)60-28-9-7-8-11-53(65)62-35-37-12-19-41(20-13-37)82(59,70)71)18-27-52-57(2,3)54-45-32-42(83(72,73)74)21-14-38(45)16-24-48(54)64(52)30-10-31-81(67,68)69;2*1-4(2)3/h12-27,32-34,36H,6-11,28-31,35H2,1-5H3,(H7-,59,60,62,65,66,67,68,69,70,71,72,73,74,75,76,77,78,79,80);;. The fourth-order valence-corrected chi connectivity index (χ4v) is 13.9. The first-order valence-corrected chi connectivity index (χ1v) is 37.3. The number of benzene rings is 5. The number of sulfonamides is 1. The first kappa shape index (κ1) is 74.2. The minimum atomic E-state index is -5.02. The van der Waals surface area contributed by atoms with E-state index in [0.29, 0.717) is 99.8 Å². The number of carbonyl (C=O) groups excluding carboxylic acids is 2. The normalized spacial score (nSPS) is 15.1. The Hall–Kier alpha value is -7.81. The van der Waals surface area contributed by atoms with Crippen molar-refractivity contribution in [1.29, 1.82) is 0 Å². The first-order chi connectivity index (χ1) is 43.1. The number of anilines is 1. The molecule has 28 nitrogen and oxygen atoms in total. The molecule has 2 aliphatic heterocycles. The van der Waals surface area contributed by atoms with E-state index in [-0.39, 0.29) is 64.5 Å². The number of nitrogens with one attached hydrogen (secondary N) is 2. The molecule has 6 aromatic rings. The van der Waals surface area contributed by atoms with E-state index in [0.717, 1.165) is 6.07 Å².